The Kier molecular flexibility index (Phi) is 8.77. The van der Waals surface area contributed by atoms with Crippen molar-refractivity contribution in [3.8, 4) is 0 Å². The number of nitrogens with zero attached hydrogens (tertiary/aromatic N) is 2. The zero-order valence-corrected chi connectivity index (χ0v) is 17.9. The van der Waals surface area contributed by atoms with Gasteiger partial charge in [0.05, 0.1) is 18.6 Å². The smallest absolute Gasteiger partial charge is 0.230 e. The van der Waals surface area contributed by atoms with E-state index in [-0.39, 0.29) is 11.3 Å². The number of aliphatic imine (C=N–C) groups is 1. The first-order chi connectivity index (χ1) is 13.5. The molecule has 156 valence electrons. The fourth-order valence-corrected chi connectivity index (χ4v) is 3.82. The third-order valence-electron chi connectivity index (χ3n) is 5.35. The Morgan fingerprint density at radius 2 is 1.82 bits per heavy atom. The van der Waals surface area contributed by atoms with E-state index in [1.165, 1.54) is 5.56 Å². The van der Waals surface area contributed by atoms with E-state index in [0.29, 0.717) is 26.3 Å². The van der Waals surface area contributed by atoms with Crippen LogP contribution in [0.15, 0.2) is 29.3 Å². The summed E-state index contributed by atoms with van der Waals surface area (Å²) < 4.78 is 5.57. The molecule has 0 radical (unpaired) electrons. The Labute approximate surface area is 169 Å². The molecule has 1 saturated carbocycles. The average Bonchev–Trinajstić information content (AvgIpc) is 3.18. The van der Waals surface area contributed by atoms with Crippen molar-refractivity contribution in [1.82, 2.24) is 15.5 Å². The zero-order chi connectivity index (χ0) is 20.4. The van der Waals surface area contributed by atoms with Gasteiger partial charge in [-0.05, 0) is 37.8 Å². The quantitative estimate of drug-likeness (QED) is 0.504. The van der Waals surface area contributed by atoms with Crippen LogP contribution in [0.1, 0.15) is 50.7 Å². The maximum absolute atomic E-state index is 12.8. The van der Waals surface area contributed by atoms with E-state index in [2.05, 4.69) is 29.7 Å². The van der Waals surface area contributed by atoms with Gasteiger partial charge in [-0.1, -0.05) is 37.1 Å². The number of carbonyl (C=O) groups excluding carboxylic acids is 1. The van der Waals surface area contributed by atoms with Gasteiger partial charge >= 0.3 is 0 Å². The molecule has 0 saturated heterocycles. The molecule has 0 atom stereocenters. The predicted octanol–water partition coefficient (Wildman–Crippen LogP) is 2.93. The van der Waals surface area contributed by atoms with Crippen molar-refractivity contribution in [2.75, 3.05) is 33.8 Å². The molecular weight excluding hydrogens is 352 g/mol. The number of rotatable bonds is 9. The fraction of sp³-hybridized carbons (Fsp3) is 0.636. The van der Waals surface area contributed by atoms with E-state index < -0.39 is 0 Å². The van der Waals surface area contributed by atoms with Crippen molar-refractivity contribution in [2.45, 2.75) is 52.7 Å². The molecule has 0 aromatic heterocycles. The monoisotopic (exact) mass is 388 g/mol. The lowest BCUT2D eigenvalue weighted by molar-refractivity contribution is -0.138. The third kappa shape index (κ3) is 5.96. The van der Waals surface area contributed by atoms with E-state index in [4.69, 9.17) is 9.73 Å². The summed E-state index contributed by atoms with van der Waals surface area (Å²) in [5.41, 5.74) is 2.01. The predicted molar refractivity (Wildman–Crippen MR) is 114 cm³/mol. The van der Waals surface area contributed by atoms with Crippen molar-refractivity contribution in [3.05, 3.63) is 35.4 Å². The lowest BCUT2D eigenvalue weighted by Crippen LogP contribution is -2.49. The molecule has 2 rings (SSSR count). The number of amides is 1. The maximum Gasteiger partial charge on any atom is 0.230 e. The second-order valence-electron chi connectivity index (χ2n) is 7.64. The largest absolute Gasteiger partial charge is 0.377 e. The van der Waals surface area contributed by atoms with Crippen LogP contribution < -0.4 is 10.6 Å². The number of hydrogen-bond acceptors (Lipinski definition) is 3. The molecule has 1 aliphatic carbocycles. The summed E-state index contributed by atoms with van der Waals surface area (Å²) in [6.07, 6.45) is 4.10. The minimum absolute atomic E-state index is 0.218. The highest BCUT2D eigenvalue weighted by atomic mass is 16.5. The zero-order valence-electron chi connectivity index (χ0n) is 17.9. The van der Waals surface area contributed by atoms with Crippen LogP contribution in [0.25, 0.3) is 0 Å². The molecule has 1 aromatic carbocycles. The molecular formula is C22H36N4O2. The van der Waals surface area contributed by atoms with Gasteiger partial charge in [-0.3, -0.25) is 4.79 Å². The molecule has 1 amide bonds. The summed E-state index contributed by atoms with van der Waals surface area (Å²) >= 11 is 0. The highest BCUT2D eigenvalue weighted by Crippen LogP contribution is 2.38. The Balaban J connectivity index is 2.07. The number of carbonyl (C=O) groups is 1. The topological polar surface area (TPSA) is 66.0 Å². The molecule has 2 N–H and O–H groups in total. The van der Waals surface area contributed by atoms with Crippen molar-refractivity contribution in [1.29, 1.82) is 0 Å². The molecule has 0 unspecified atom stereocenters. The molecule has 28 heavy (non-hydrogen) atoms. The van der Waals surface area contributed by atoms with Crippen LogP contribution >= 0.6 is 0 Å². The first kappa shape index (κ1) is 22.2. The Morgan fingerprint density at radius 1 is 1.14 bits per heavy atom. The van der Waals surface area contributed by atoms with Crippen LogP contribution in [-0.4, -0.2) is 50.6 Å². The summed E-state index contributed by atoms with van der Waals surface area (Å²) in [6, 6.07) is 8.24. The van der Waals surface area contributed by atoms with Gasteiger partial charge in [-0.2, -0.15) is 0 Å². The first-order valence-electron chi connectivity index (χ1n) is 10.4. The highest BCUT2D eigenvalue weighted by molar-refractivity contribution is 5.85. The number of nitrogens with one attached hydrogen (secondary N) is 2. The van der Waals surface area contributed by atoms with E-state index >= 15 is 0 Å². The number of hydrogen-bond donors (Lipinski definition) is 2. The molecule has 6 heteroatoms. The van der Waals surface area contributed by atoms with Crippen LogP contribution in [0.4, 0.5) is 0 Å². The molecule has 6 nitrogen and oxygen atoms in total. The van der Waals surface area contributed by atoms with Crippen LogP contribution in [0.2, 0.25) is 0 Å². The van der Waals surface area contributed by atoms with E-state index in [0.717, 1.165) is 43.8 Å². The van der Waals surface area contributed by atoms with E-state index in [1.54, 1.807) is 4.90 Å². The summed E-state index contributed by atoms with van der Waals surface area (Å²) in [5.74, 6) is 0.974. The summed E-state index contributed by atoms with van der Waals surface area (Å²) in [5, 5.41) is 6.74. The molecule has 0 aliphatic heterocycles. The van der Waals surface area contributed by atoms with Crippen LogP contribution in [-0.2, 0) is 22.7 Å². The molecule has 0 spiro atoms. The van der Waals surface area contributed by atoms with Gasteiger partial charge in [-0.25, -0.2) is 4.99 Å². The maximum atomic E-state index is 12.8. The van der Waals surface area contributed by atoms with Crippen molar-refractivity contribution in [2.24, 2.45) is 10.4 Å². The normalized spacial score (nSPS) is 16.1. The van der Waals surface area contributed by atoms with Crippen LogP contribution in [0.3, 0.4) is 0 Å². The minimum atomic E-state index is -0.313. The molecule has 1 aliphatic rings. The average molecular weight is 389 g/mol. The van der Waals surface area contributed by atoms with Gasteiger partial charge in [0.15, 0.2) is 5.96 Å². The minimum Gasteiger partial charge on any atom is -0.377 e. The molecule has 0 bridgehead atoms. The fourth-order valence-electron chi connectivity index (χ4n) is 3.82. The van der Waals surface area contributed by atoms with Gasteiger partial charge < -0.3 is 20.3 Å². The second kappa shape index (κ2) is 11.1. The molecule has 0 heterocycles. The Morgan fingerprint density at radius 3 is 2.43 bits per heavy atom. The highest BCUT2D eigenvalue weighted by Gasteiger charge is 2.42. The van der Waals surface area contributed by atoms with Crippen molar-refractivity contribution in [3.63, 3.8) is 0 Å². The summed E-state index contributed by atoms with van der Waals surface area (Å²) in [6.45, 7) is 7.33. The standard InChI is InChI=1S/C22H36N4O2/c1-5-23-21(24-15-18-11-7-8-12-19(18)16-28-6-2)25-17-22(13-9-10-14-22)20(27)26(3)4/h7-8,11-12H,5-6,9-10,13-17H2,1-4H3,(H2,23,24,25). The SMILES string of the molecule is CCNC(=NCc1ccccc1COCC)NCC1(C(=O)N(C)C)CCCC1. The number of benzene rings is 1. The molecule has 1 fully saturated rings. The second-order valence-corrected chi connectivity index (χ2v) is 7.64. The number of ether oxygens (including phenoxy) is 1. The van der Waals surface area contributed by atoms with E-state index in [1.807, 2.05) is 33.2 Å². The summed E-state index contributed by atoms with van der Waals surface area (Å²) in [4.78, 5) is 19.3. The Hall–Kier alpha value is -2.08. The van der Waals surface area contributed by atoms with Crippen molar-refractivity contribution >= 4 is 11.9 Å². The van der Waals surface area contributed by atoms with Gasteiger partial charge in [-0.15, -0.1) is 0 Å². The number of guanidine groups is 1. The van der Waals surface area contributed by atoms with Crippen LogP contribution in [0.5, 0.6) is 0 Å². The Bertz CT molecular complexity index is 652. The first-order valence-corrected chi connectivity index (χ1v) is 10.4. The van der Waals surface area contributed by atoms with Gasteiger partial charge in [0, 0.05) is 33.8 Å². The molecule has 1 aromatic rings. The third-order valence-corrected chi connectivity index (χ3v) is 5.35. The summed E-state index contributed by atoms with van der Waals surface area (Å²) in [7, 11) is 3.69. The van der Waals surface area contributed by atoms with Gasteiger partial charge in [0.25, 0.3) is 0 Å². The van der Waals surface area contributed by atoms with Gasteiger partial charge in [0.2, 0.25) is 5.91 Å². The lowest BCUT2D eigenvalue weighted by Gasteiger charge is -2.31. The van der Waals surface area contributed by atoms with Crippen molar-refractivity contribution < 1.29 is 9.53 Å². The van der Waals surface area contributed by atoms with E-state index in [9.17, 15) is 4.79 Å². The van der Waals surface area contributed by atoms with Gasteiger partial charge in [0.1, 0.15) is 0 Å². The van der Waals surface area contributed by atoms with Crippen LogP contribution in [0, 0.1) is 5.41 Å². The lowest BCUT2D eigenvalue weighted by atomic mass is 9.84.